The number of furan rings is 1. The summed E-state index contributed by atoms with van der Waals surface area (Å²) in [6.45, 7) is 5.34. The molecular weight excluding hydrogens is 272 g/mol. The van der Waals surface area contributed by atoms with E-state index in [0.29, 0.717) is 28.3 Å². The van der Waals surface area contributed by atoms with Gasteiger partial charge in [0.05, 0.1) is 30.2 Å². The molecule has 2 atom stereocenters. The second kappa shape index (κ2) is 6.26. The van der Waals surface area contributed by atoms with Crippen molar-refractivity contribution in [3.05, 3.63) is 53.3 Å². The number of aryl methyl sites for hydroxylation is 1. The number of hydrogen-bond donors (Lipinski definition) is 2. The van der Waals surface area contributed by atoms with Gasteiger partial charge in [-0.1, -0.05) is 11.2 Å². The van der Waals surface area contributed by atoms with Gasteiger partial charge in [-0.25, -0.2) is 0 Å². The lowest BCUT2D eigenvalue weighted by Crippen LogP contribution is -2.19. The molecule has 114 valence electrons. The van der Waals surface area contributed by atoms with Crippen molar-refractivity contribution in [3.63, 3.8) is 0 Å². The summed E-state index contributed by atoms with van der Waals surface area (Å²) in [6.07, 6.45) is 2.10. The van der Waals surface area contributed by atoms with Crippen LogP contribution in [0, 0.1) is 6.92 Å². The fourth-order valence-electron chi connectivity index (χ4n) is 2.34. The molecule has 0 radical (unpaired) electrons. The minimum atomic E-state index is -1.05. The highest BCUT2D eigenvalue weighted by molar-refractivity contribution is 5.35. The smallest absolute Gasteiger partial charge is 0.164 e. The topological polar surface area (TPSA) is 82.9 Å². The number of rotatable bonds is 6. The molecule has 0 fully saturated rings. The summed E-state index contributed by atoms with van der Waals surface area (Å²) in [5, 5.41) is 23.9. The lowest BCUT2D eigenvalue weighted by Gasteiger charge is -2.20. The molecule has 21 heavy (non-hydrogen) atoms. The maximum Gasteiger partial charge on any atom is 0.164 e. The third-order valence-corrected chi connectivity index (χ3v) is 3.46. The largest absolute Gasteiger partial charge is 0.466 e. The zero-order valence-electron chi connectivity index (χ0n) is 12.4. The van der Waals surface area contributed by atoms with E-state index < -0.39 is 6.10 Å². The molecule has 0 aliphatic carbocycles. The summed E-state index contributed by atoms with van der Waals surface area (Å²) in [4.78, 5) is 1.90. The van der Waals surface area contributed by atoms with Crippen LogP contribution in [-0.4, -0.2) is 34.4 Å². The van der Waals surface area contributed by atoms with Gasteiger partial charge in [0.2, 0.25) is 0 Å². The van der Waals surface area contributed by atoms with Gasteiger partial charge in [0.25, 0.3) is 0 Å². The van der Waals surface area contributed by atoms with Crippen LogP contribution in [0.25, 0.3) is 0 Å². The van der Waals surface area contributed by atoms with Crippen LogP contribution in [0.15, 0.2) is 33.9 Å². The van der Waals surface area contributed by atoms with E-state index in [4.69, 9.17) is 8.94 Å². The molecule has 6 nitrogen and oxygen atoms in total. The van der Waals surface area contributed by atoms with E-state index in [9.17, 15) is 10.2 Å². The van der Waals surface area contributed by atoms with Crippen molar-refractivity contribution < 1.29 is 19.2 Å². The molecular formula is C15H20N2O4. The Kier molecular flexibility index (Phi) is 4.62. The molecule has 6 heteroatoms. The van der Waals surface area contributed by atoms with Gasteiger partial charge >= 0.3 is 0 Å². The highest BCUT2D eigenvalue weighted by atomic mass is 16.5. The quantitative estimate of drug-likeness (QED) is 0.792. The molecule has 0 saturated heterocycles. The van der Waals surface area contributed by atoms with E-state index in [1.165, 1.54) is 6.26 Å². The SMILES string of the molecule is C=C[C@@H](c1onc(C)c1C(O)c1occc1CO)N(C)C. The first-order valence-electron chi connectivity index (χ1n) is 6.61. The Balaban J connectivity index is 2.49. The Hall–Kier alpha value is -1.89. The predicted molar refractivity (Wildman–Crippen MR) is 76.6 cm³/mol. The minimum absolute atomic E-state index is 0.207. The van der Waals surface area contributed by atoms with E-state index in [1.54, 1.807) is 19.1 Å². The third kappa shape index (κ3) is 2.78. The average Bonchev–Trinajstić information content (AvgIpc) is 3.05. The first-order valence-corrected chi connectivity index (χ1v) is 6.61. The highest BCUT2D eigenvalue weighted by Gasteiger charge is 2.30. The molecule has 2 aromatic heterocycles. The Labute approximate surface area is 123 Å². The number of likely N-dealkylation sites (N-methyl/N-ethyl adjacent to an activating group) is 1. The molecule has 2 rings (SSSR count). The molecule has 0 bridgehead atoms. The maximum absolute atomic E-state index is 10.6. The second-order valence-electron chi connectivity index (χ2n) is 5.06. The Bertz CT molecular complexity index is 615. The molecule has 0 saturated carbocycles. The van der Waals surface area contributed by atoms with Gasteiger partial charge in [-0.2, -0.15) is 0 Å². The maximum atomic E-state index is 10.6. The van der Waals surface area contributed by atoms with Crippen LogP contribution in [0.2, 0.25) is 0 Å². The van der Waals surface area contributed by atoms with Crippen LogP contribution in [0.3, 0.4) is 0 Å². The van der Waals surface area contributed by atoms with E-state index in [-0.39, 0.29) is 12.6 Å². The van der Waals surface area contributed by atoms with Gasteiger partial charge in [-0.15, -0.1) is 6.58 Å². The van der Waals surface area contributed by atoms with Crippen LogP contribution in [0.4, 0.5) is 0 Å². The van der Waals surface area contributed by atoms with Gasteiger partial charge in [0.1, 0.15) is 11.9 Å². The molecule has 1 unspecified atom stereocenters. The van der Waals surface area contributed by atoms with Crippen molar-refractivity contribution in [3.8, 4) is 0 Å². The minimum Gasteiger partial charge on any atom is -0.466 e. The normalized spacial score (nSPS) is 14.4. The molecule has 0 aromatic carbocycles. The monoisotopic (exact) mass is 292 g/mol. The zero-order chi connectivity index (χ0) is 15.6. The Morgan fingerprint density at radius 1 is 1.43 bits per heavy atom. The van der Waals surface area contributed by atoms with Gasteiger partial charge < -0.3 is 19.2 Å². The van der Waals surface area contributed by atoms with Gasteiger partial charge in [0.15, 0.2) is 5.76 Å². The highest BCUT2D eigenvalue weighted by Crippen LogP contribution is 2.35. The summed E-state index contributed by atoms with van der Waals surface area (Å²) in [5.41, 5.74) is 1.65. The summed E-state index contributed by atoms with van der Waals surface area (Å²) in [5.74, 6) is 0.812. The number of hydrogen-bond acceptors (Lipinski definition) is 6. The zero-order valence-corrected chi connectivity index (χ0v) is 12.4. The Morgan fingerprint density at radius 3 is 2.71 bits per heavy atom. The second-order valence-corrected chi connectivity index (χ2v) is 5.06. The van der Waals surface area contributed by atoms with E-state index >= 15 is 0 Å². The van der Waals surface area contributed by atoms with Crippen molar-refractivity contribution in [2.45, 2.75) is 25.7 Å². The predicted octanol–water partition coefficient (Wildman–Crippen LogP) is 1.94. The lowest BCUT2D eigenvalue weighted by molar-refractivity contribution is 0.175. The van der Waals surface area contributed by atoms with Gasteiger partial charge in [-0.05, 0) is 27.1 Å². The van der Waals surface area contributed by atoms with Crippen molar-refractivity contribution in [1.82, 2.24) is 10.1 Å². The molecule has 0 aliphatic rings. The first kappa shape index (κ1) is 15.5. The van der Waals surface area contributed by atoms with Crippen molar-refractivity contribution in [2.24, 2.45) is 0 Å². The third-order valence-electron chi connectivity index (χ3n) is 3.46. The fraction of sp³-hybridized carbons (Fsp3) is 0.400. The number of nitrogens with zero attached hydrogens (tertiary/aromatic N) is 2. The molecule has 2 heterocycles. The summed E-state index contributed by atoms with van der Waals surface area (Å²) >= 11 is 0. The van der Waals surface area contributed by atoms with Crippen molar-refractivity contribution in [1.29, 1.82) is 0 Å². The van der Waals surface area contributed by atoms with Crippen molar-refractivity contribution >= 4 is 0 Å². The fourth-order valence-corrected chi connectivity index (χ4v) is 2.34. The van der Waals surface area contributed by atoms with Crippen molar-refractivity contribution in [2.75, 3.05) is 14.1 Å². The number of aliphatic hydroxyl groups is 2. The van der Waals surface area contributed by atoms with Crippen LogP contribution >= 0.6 is 0 Å². The summed E-state index contributed by atoms with van der Waals surface area (Å²) < 4.78 is 10.7. The molecule has 2 aromatic rings. The molecule has 0 amide bonds. The van der Waals surface area contributed by atoms with Crippen LogP contribution < -0.4 is 0 Å². The van der Waals surface area contributed by atoms with E-state index in [2.05, 4.69) is 11.7 Å². The molecule has 0 aliphatic heterocycles. The van der Waals surface area contributed by atoms with Crippen LogP contribution in [-0.2, 0) is 6.61 Å². The lowest BCUT2D eigenvalue weighted by atomic mass is 9.99. The number of aromatic nitrogens is 1. The van der Waals surface area contributed by atoms with E-state index in [0.717, 1.165) is 0 Å². The van der Waals surface area contributed by atoms with Crippen LogP contribution in [0.5, 0.6) is 0 Å². The Morgan fingerprint density at radius 2 is 2.14 bits per heavy atom. The van der Waals surface area contributed by atoms with E-state index in [1.807, 2.05) is 19.0 Å². The van der Waals surface area contributed by atoms with Gasteiger partial charge in [-0.3, -0.25) is 4.90 Å². The van der Waals surface area contributed by atoms with Crippen LogP contribution in [0.1, 0.15) is 40.5 Å². The molecule has 2 N–H and O–H groups in total. The number of aliphatic hydroxyl groups excluding tert-OH is 2. The summed E-state index contributed by atoms with van der Waals surface area (Å²) in [7, 11) is 3.76. The molecule has 0 spiro atoms. The van der Waals surface area contributed by atoms with Gasteiger partial charge in [0, 0.05) is 5.56 Å². The average molecular weight is 292 g/mol. The first-order chi connectivity index (χ1) is 10.0. The standard InChI is InChI=1S/C15H20N2O4/c1-5-11(17(3)4)15-12(9(2)16-21-15)13(19)14-10(8-18)6-7-20-14/h5-7,11,13,18-19H,1,8H2,2-4H3/t11-,13?/m0/s1. The summed E-state index contributed by atoms with van der Waals surface area (Å²) in [6, 6.07) is 1.40.